The second kappa shape index (κ2) is 4.08. The zero-order valence-electron chi connectivity index (χ0n) is 8.40. The highest BCUT2D eigenvalue weighted by atomic mass is 35.5. The first-order valence-corrected chi connectivity index (χ1v) is 5.06. The fraction of sp³-hybridized carbons (Fsp3) is 0.300. The predicted octanol–water partition coefficient (Wildman–Crippen LogP) is 1.88. The molecule has 0 aliphatic rings. The second-order valence-electron chi connectivity index (χ2n) is 3.36. The monoisotopic (exact) mass is 225 g/mol. The maximum absolute atomic E-state index is 5.92. The molecule has 80 valence electrons. The summed E-state index contributed by atoms with van der Waals surface area (Å²) in [5.41, 5.74) is 6.22. The molecule has 0 aliphatic heterocycles. The molecule has 2 rings (SSSR count). The van der Waals surface area contributed by atoms with Crippen molar-refractivity contribution in [3.05, 3.63) is 23.2 Å². The van der Waals surface area contributed by atoms with E-state index in [1.807, 2.05) is 24.1 Å². The topological polar surface area (TPSA) is 55.3 Å². The standard InChI is InChI=1S/C10H12ClN3O/c1-14(5-4-12)10-8-6-7(11)2-3-9(8)15-13-10/h2-3,6H,4-5,12H2,1H3. The summed E-state index contributed by atoms with van der Waals surface area (Å²) in [5.74, 6) is 0.776. The third-order valence-corrected chi connectivity index (χ3v) is 2.47. The van der Waals surface area contributed by atoms with Crippen molar-refractivity contribution in [1.29, 1.82) is 0 Å². The molecular formula is C10H12ClN3O. The minimum Gasteiger partial charge on any atom is -0.355 e. The van der Waals surface area contributed by atoms with E-state index in [2.05, 4.69) is 5.16 Å². The van der Waals surface area contributed by atoms with Crippen LogP contribution in [0.15, 0.2) is 22.7 Å². The molecule has 1 aromatic heterocycles. The van der Waals surface area contributed by atoms with Crippen molar-refractivity contribution >= 4 is 28.4 Å². The SMILES string of the molecule is CN(CCN)c1noc2ccc(Cl)cc12. The molecule has 1 heterocycles. The molecule has 1 aromatic carbocycles. The lowest BCUT2D eigenvalue weighted by Crippen LogP contribution is -2.25. The fourth-order valence-electron chi connectivity index (χ4n) is 1.47. The normalized spacial score (nSPS) is 10.9. The van der Waals surface area contributed by atoms with Crippen molar-refractivity contribution in [3.63, 3.8) is 0 Å². The number of anilines is 1. The molecule has 0 saturated heterocycles. The third-order valence-electron chi connectivity index (χ3n) is 2.24. The Balaban J connectivity index is 2.47. The van der Waals surface area contributed by atoms with E-state index in [1.165, 1.54) is 0 Å². The quantitative estimate of drug-likeness (QED) is 0.867. The molecule has 0 spiro atoms. The minimum atomic E-state index is 0.575. The average Bonchev–Trinajstić information content (AvgIpc) is 2.60. The molecule has 0 atom stereocenters. The number of nitrogens with two attached hydrogens (primary N) is 1. The maximum Gasteiger partial charge on any atom is 0.179 e. The summed E-state index contributed by atoms with van der Waals surface area (Å²) < 4.78 is 5.18. The van der Waals surface area contributed by atoms with Gasteiger partial charge < -0.3 is 15.2 Å². The highest BCUT2D eigenvalue weighted by Crippen LogP contribution is 2.27. The molecule has 5 heteroatoms. The first-order valence-electron chi connectivity index (χ1n) is 4.68. The van der Waals surface area contributed by atoms with Gasteiger partial charge in [0.15, 0.2) is 11.4 Å². The van der Waals surface area contributed by atoms with Gasteiger partial charge in [-0.15, -0.1) is 0 Å². The molecule has 0 bridgehead atoms. The van der Waals surface area contributed by atoms with Gasteiger partial charge >= 0.3 is 0 Å². The zero-order valence-corrected chi connectivity index (χ0v) is 9.16. The number of benzene rings is 1. The van der Waals surface area contributed by atoms with Crippen LogP contribution in [-0.4, -0.2) is 25.3 Å². The zero-order chi connectivity index (χ0) is 10.8. The van der Waals surface area contributed by atoms with Crippen LogP contribution in [0.1, 0.15) is 0 Å². The average molecular weight is 226 g/mol. The maximum atomic E-state index is 5.92. The van der Waals surface area contributed by atoms with E-state index in [1.54, 1.807) is 6.07 Å². The van der Waals surface area contributed by atoms with Crippen LogP contribution in [0.4, 0.5) is 5.82 Å². The van der Waals surface area contributed by atoms with Crippen LogP contribution in [0.2, 0.25) is 5.02 Å². The van der Waals surface area contributed by atoms with E-state index in [0.717, 1.165) is 23.3 Å². The number of likely N-dealkylation sites (N-methyl/N-ethyl adjacent to an activating group) is 1. The fourth-order valence-corrected chi connectivity index (χ4v) is 1.65. The Bertz CT molecular complexity index is 469. The number of rotatable bonds is 3. The molecule has 0 fully saturated rings. The van der Waals surface area contributed by atoms with Gasteiger partial charge in [-0.05, 0) is 18.2 Å². The van der Waals surface area contributed by atoms with E-state index in [9.17, 15) is 0 Å². The van der Waals surface area contributed by atoms with E-state index in [4.69, 9.17) is 21.9 Å². The lowest BCUT2D eigenvalue weighted by molar-refractivity contribution is 0.456. The van der Waals surface area contributed by atoms with Crippen molar-refractivity contribution < 1.29 is 4.52 Å². The van der Waals surface area contributed by atoms with Crippen LogP contribution in [0.25, 0.3) is 11.0 Å². The molecule has 4 nitrogen and oxygen atoms in total. The molecule has 2 N–H and O–H groups in total. The first kappa shape index (κ1) is 10.3. The van der Waals surface area contributed by atoms with Gasteiger partial charge in [-0.3, -0.25) is 0 Å². The Labute approximate surface area is 92.6 Å². The van der Waals surface area contributed by atoms with Crippen LogP contribution in [0, 0.1) is 0 Å². The summed E-state index contributed by atoms with van der Waals surface area (Å²) in [6.07, 6.45) is 0. The van der Waals surface area contributed by atoms with Gasteiger partial charge in [0.2, 0.25) is 0 Å². The molecule has 2 aromatic rings. The molecule has 15 heavy (non-hydrogen) atoms. The second-order valence-corrected chi connectivity index (χ2v) is 3.79. The third kappa shape index (κ3) is 1.91. The van der Waals surface area contributed by atoms with Crippen molar-refractivity contribution in [2.75, 3.05) is 25.0 Å². The number of hydrogen-bond donors (Lipinski definition) is 1. The van der Waals surface area contributed by atoms with Crippen LogP contribution < -0.4 is 10.6 Å². The summed E-state index contributed by atoms with van der Waals surface area (Å²) in [5, 5.41) is 5.58. The predicted molar refractivity (Wildman–Crippen MR) is 61.3 cm³/mol. The van der Waals surface area contributed by atoms with E-state index in [-0.39, 0.29) is 0 Å². The van der Waals surface area contributed by atoms with Gasteiger partial charge in [-0.1, -0.05) is 16.8 Å². The number of nitrogens with zero attached hydrogens (tertiary/aromatic N) is 2. The Morgan fingerprint density at radius 1 is 1.53 bits per heavy atom. The van der Waals surface area contributed by atoms with Crippen molar-refractivity contribution in [3.8, 4) is 0 Å². The number of aromatic nitrogens is 1. The van der Waals surface area contributed by atoms with Gasteiger partial charge in [-0.25, -0.2) is 0 Å². The van der Waals surface area contributed by atoms with E-state index in [0.29, 0.717) is 11.6 Å². The van der Waals surface area contributed by atoms with E-state index >= 15 is 0 Å². The number of halogens is 1. The first-order chi connectivity index (χ1) is 7.22. The summed E-state index contributed by atoms with van der Waals surface area (Å²) in [6.45, 7) is 1.31. The molecule has 0 unspecified atom stereocenters. The summed E-state index contributed by atoms with van der Waals surface area (Å²) in [4.78, 5) is 1.95. The minimum absolute atomic E-state index is 0.575. The van der Waals surface area contributed by atoms with Crippen LogP contribution in [0.3, 0.4) is 0 Å². The van der Waals surface area contributed by atoms with Gasteiger partial charge in [-0.2, -0.15) is 0 Å². The molecule has 0 radical (unpaired) electrons. The Kier molecular flexibility index (Phi) is 2.79. The van der Waals surface area contributed by atoms with Gasteiger partial charge in [0, 0.05) is 25.2 Å². The Hall–Kier alpha value is -1.26. The highest BCUT2D eigenvalue weighted by molar-refractivity contribution is 6.31. The van der Waals surface area contributed by atoms with Gasteiger partial charge in [0.1, 0.15) is 0 Å². The van der Waals surface area contributed by atoms with Crippen molar-refractivity contribution in [2.45, 2.75) is 0 Å². The van der Waals surface area contributed by atoms with Crippen LogP contribution in [0.5, 0.6) is 0 Å². The van der Waals surface area contributed by atoms with E-state index < -0.39 is 0 Å². The summed E-state index contributed by atoms with van der Waals surface area (Å²) in [6, 6.07) is 5.43. The molecule has 0 amide bonds. The number of fused-ring (bicyclic) bond motifs is 1. The Morgan fingerprint density at radius 2 is 2.33 bits per heavy atom. The Morgan fingerprint density at radius 3 is 3.07 bits per heavy atom. The van der Waals surface area contributed by atoms with Gasteiger partial charge in [0.25, 0.3) is 0 Å². The van der Waals surface area contributed by atoms with Crippen LogP contribution in [-0.2, 0) is 0 Å². The summed E-state index contributed by atoms with van der Waals surface area (Å²) >= 11 is 5.92. The lowest BCUT2D eigenvalue weighted by Gasteiger charge is -2.13. The molecule has 0 aliphatic carbocycles. The molecule has 0 saturated carbocycles. The smallest absolute Gasteiger partial charge is 0.179 e. The lowest BCUT2D eigenvalue weighted by atomic mass is 10.2. The van der Waals surface area contributed by atoms with Crippen molar-refractivity contribution in [2.24, 2.45) is 5.73 Å². The number of hydrogen-bond acceptors (Lipinski definition) is 4. The molecular weight excluding hydrogens is 214 g/mol. The highest BCUT2D eigenvalue weighted by Gasteiger charge is 2.11. The van der Waals surface area contributed by atoms with Gasteiger partial charge in [0.05, 0.1) is 5.39 Å². The van der Waals surface area contributed by atoms with Crippen LogP contribution >= 0.6 is 11.6 Å². The largest absolute Gasteiger partial charge is 0.355 e. The summed E-state index contributed by atoms with van der Waals surface area (Å²) in [7, 11) is 1.92. The van der Waals surface area contributed by atoms with Crippen molar-refractivity contribution in [1.82, 2.24) is 5.16 Å².